The Balaban J connectivity index is 2.80. The molecule has 0 saturated heterocycles. The SMILES string of the molecule is CSc1ncc2c(C)c(Br)c([O-])nc2n1. The molecule has 0 saturated carbocycles. The molecule has 2 heterocycles. The molecule has 4 nitrogen and oxygen atoms in total. The van der Waals surface area contributed by atoms with Crippen molar-refractivity contribution in [3.05, 3.63) is 16.2 Å². The summed E-state index contributed by atoms with van der Waals surface area (Å²) in [5.41, 5.74) is 1.29. The van der Waals surface area contributed by atoms with Crippen molar-refractivity contribution >= 4 is 38.7 Å². The average Bonchev–Trinajstić information content (AvgIpc) is 2.25. The molecule has 6 heteroatoms. The standard InChI is InChI=1S/C9H8BrN3OS/c1-4-5-3-11-9(15-2)13-7(5)12-8(14)6(4)10/h3H,1-2H3,(H,11,12,13,14)/p-1. The second-order valence-corrected chi connectivity index (χ2v) is 4.52. The van der Waals surface area contributed by atoms with Gasteiger partial charge in [-0.25, -0.2) is 15.0 Å². The maximum Gasteiger partial charge on any atom is 0.189 e. The number of nitrogens with zero attached hydrogens (tertiary/aromatic N) is 3. The Bertz CT molecular complexity index is 532. The molecule has 0 radical (unpaired) electrons. The van der Waals surface area contributed by atoms with Crippen LogP contribution in [0.3, 0.4) is 0 Å². The third kappa shape index (κ3) is 1.79. The maximum absolute atomic E-state index is 11.4. The van der Waals surface area contributed by atoms with Crippen LogP contribution >= 0.6 is 27.7 Å². The molecule has 0 unspecified atom stereocenters. The molecule has 2 rings (SSSR count). The first-order valence-corrected chi connectivity index (χ1v) is 6.19. The van der Waals surface area contributed by atoms with Gasteiger partial charge in [0.05, 0.1) is 0 Å². The topological polar surface area (TPSA) is 61.7 Å². The lowest BCUT2D eigenvalue weighted by atomic mass is 10.2. The lowest BCUT2D eigenvalue weighted by Crippen LogP contribution is -2.00. The third-order valence-corrected chi connectivity index (χ3v) is 3.55. The molecule has 0 amide bonds. The van der Waals surface area contributed by atoms with Crippen LogP contribution in [0.5, 0.6) is 5.88 Å². The predicted molar refractivity (Wildman–Crippen MR) is 61.0 cm³/mol. The number of aryl methyl sites for hydroxylation is 1. The molecular weight excluding hydrogens is 278 g/mol. The number of thioether (sulfide) groups is 1. The van der Waals surface area contributed by atoms with Crippen molar-refractivity contribution in [2.45, 2.75) is 12.1 Å². The van der Waals surface area contributed by atoms with Gasteiger partial charge in [-0.15, -0.1) is 0 Å². The molecular formula is C9H7BrN3OS-. The van der Waals surface area contributed by atoms with Crippen LogP contribution in [-0.4, -0.2) is 21.2 Å². The zero-order valence-electron chi connectivity index (χ0n) is 8.11. The summed E-state index contributed by atoms with van der Waals surface area (Å²) in [4.78, 5) is 12.2. The van der Waals surface area contributed by atoms with E-state index in [9.17, 15) is 5.11 Å². The van der Waals surface area contributed by atoms with Crippen LogP contribution in [0.2, 0.25) is 0 Å². The van der Waals surface area contributed by atoms with E-state index in [1.54, 1.807) is 6.20 Å². The van der Waals surface area contributed by atoms with Crippen molar-refractivity contribution in [2.75, 3.05) is 6.26 Å². The Morgan fingerprint density at radius 3 is 2.80 bits per heavy atom. The maximum atomic E-state index is 11.4. The molecule has 0 fully saturated rings. The van der Waals surface area contributed by atoms with Crippen LogP contribution in [-0.2, 0) is 0 Å². The fraction of sp³-hybridized carbons (Fsp3) is 0.222. The van der Waals surface area contributed by atoms with Crippen molar-refractivity contribution in [3.63, 3.8) is 0 Å². The molecule has 0 aliphatic heterocycles. The van der Waals surface area contributed by atoms with Gasteiger partial charge in [-0.05, 0) is 34.7 Å². The van der Waals surface area contributed by atoms with Gasteiger partial charge in [-0.1, -0.05) is 11.8 Å². The number of hydrogen-bond donors (Lipinski definition) is 0. The zero-order chi connectivity index (χ0) is 11.0. The first-order chi connectivity index (χ1) is 7.13. The van der Waals surface area contributed by atoms with Gasteiger partial charge in [-0.3, -0.25) is 0 Å². The number of pyridine rings is 1. The van der Waals surface area contributed by atoms with E-state index in [1.807, 2.05) is 13.2 Å². The zero-order valence-corrected chi connectivity index (χ0v) is 10.5. The van der Waals surface area contributed by atoms with Gasteiger partial charge in [-0.2, -0.15) is 0 Å². The number of aromatic nitrogens is 3. The van der Waals surface area contributed by atoms with E-state index in [-0.39, 0.29) is 5.88 Å². The second-order valence-electron chi connectivity index (χ2n) is 2.95. The lowest BCUT2D eigenvalue weighted by molar-refractivity contribution is -0.275. The van der Waals surface area contributed by atoms with Gasteiger partial charge in [0.15, 0.2) is 10.8 Å². The van der Waals surface area contributed by atoms with Crippen molar-refractivity contribution in [1.82, 2.24) is 15.0 Å². The van der Waals surface area contributed by atoms with Gasteiger partial charge < -0.3 is 5.11 Å². The minimum Gasteiger partial charge on any atom is -0.858 e. The number of halogens is 1. The molecule has 0 aliphatic rings. The molecule has 0 bridgehead atoms. The van der Waals surface area contributed by atoms with Crippen molar-refractivity contribution in [2.24, 2.45) is 0 Å². The predicted octanol–water partition coefficient (Wildman–Crippen LogP) is 1.89. The smallest absolute Gasteiger partial charge is 0.189 e. The van der Waals surface area contributed by atoms with Gasteiger partial charge in [0.2, 0.25) is 0 Å². The first kappa shape index (κ1) is 10.6. The molecule has 15 heavy (non-hydrogen) atoms. The first-order valence-electron chi connectivity index (χ1n) is 4.17. The van der Waals surface area contributed by atoms with Gasteiger partial charge >= 0.3 is 0 Å². The molecule has 0 spiro atoms. The fourth-order valence-corrected chi connectivity index (χ4v) is 1.87. The highest BCUT2D eigenvalue weighted by molar-refractivity contribution is 9.10. The highest BCUT2D eigenvalue weighted by Crippen LogP contribution is 2.28. The van der Waals surface area contributed by atoms with Crippen LogP contribution in [0.25, 0.3) is 11.0 Å². The van der Waals surface area contributed by atoms with E-state index in [1.165, 1.54) is 11.8 Å². The summed E-state index contributed by atoms with van der Waals surface area (Å²) in [6, 6.07) is 0. The van der Waals surface area contributed by atoms with Crippen molar-refractivity contribution in [3.8, 4) is 5.88 Å². The highest BCUT2D eigenvalue weighted by atomic mass is 79.9. The van der Waals surface area contributed by atoms with Crippen molar-refractivity contribution < 1.29 is 5.11 Å². The van der Waals surface area contributed by atoms with Crippen LogP contribution in [0, 0.1) is 6.92 Å². The summed E-state index contributed by atoms with van der Waals surface area (Å²) in [7, 11) is 0. The molecule has 0 aliphatic carbocycles. The van der Waals surface area contributed by atoms with E-state index < -0.39 is 0 Å². The molecule has 2 aromatic heterocycles. The molecule has 78 valence electrons. The van der Waals surface area contributed by atoms with E-state index in [0.29, 0.717) is 15.3 Å². The van der Waals surface area contributed by atoms with E-state index >= 15 is 0 Å². The summed E-state index contributed by atoms with van der Waals surface area (Å²) in [6.07, 6.45) is 3.58. The summed E-state index contributed by atoms with van der Waals surface area (Å²) >= 11 is 4.62. The average molecular weight is 285 g/mol. The normalized spacial score (nSPS) is 10.9. The third-order valence-electron chi connectivity index (χ3n) is 2.06. The quantitative estimate of drug-likeness (QED) is 0.591. The van der Waals surface area contributed by atoms with Crippen LogP contribution in [0.15, 0.2) is 15.8 Å². The number of rotatable bonds is 1. The second kappa shape index (κ2) is 3.94. The van der Waals surface area contributed by atoms with E-state index in [2.05, 4.69) is 30.9 Å². The molecule has 0 N–H and O–H groups in total. The van der Waals surface area contributed by atoms with Gasteiger partial charge in [0, 0.05) is 21.9 Å². The lowest BCUT2D eigenvalue weighted by Gasteiger charge is -2.12. The molecule has 0 aromatic carbocycles. The monoisotopic (exact) mass is 284 g/mol. The largest absolute Gasteiger partial charge is 0.858 e. The highest BCUT2D eigenvalue weighted by Gasteiger charge is 2.06. The minimum absolute atomic E-state index is 0.286. The number of fused-ring (bicyclic) bond motifs is 1. The Morgan fingerprint density at radius 2 is 2.13 bits per heavy atom. The van der Waals surface area contributed by atoms with Gasteiger partial charge in [0.25, 0.3) is 0 Å². The minimum atomic E-state index is -0.286. The molecule has 2 aromatic rings. The number of hydrogen-bond acceptors (Lipinski definition) is 5. The van der Waals surface area contributed by atoms with Gasteiger partial charge in [0.1, 0.15) is 0 Å². The Morgan fingerprint density at radius 1 is 1.40 bits per heavy atom. The van der Waals surface area contributed by atoms with Crippen LogP contribution in [0.1, 0.15) is 5.56 Å². The fourth-order valence-electron chi connectivity index (χ4n) is 1.23. The Kier molecular flexibility index (Phi) is 2.79. The van der Waals surface area contributed by atoms with Crippen LogP contribution in [0.4, 0.5) is 0 Å². The summed E-state index contributed by atoms with van der Waals surface area (Å²) in [5, 5.41) is 12.9. The van der Waals surface area contributed by atoms with Crippen LogP contribution < -0.4 is 5.11 Å². The summed E-state index contributed by atoms with van der Waals surface area (Å²) < 4.78 is 0.482. The Labute approximate surface area is 99.3 Å². The van der Waals surface area contributed by atoms with Crippen molar-refractivity contribution in [1.29, 1.82) is 0 Å². The molecule has 0 atom stereocenters. The van der Waals surface area contributed by atoms with E-state index in [4.69, 9.17) is 0 Å². The summed E-state index contributed by atoms with van der Waals surface area (Å²) in [5.74, 6) is -0.286. The van der Waals surface area contributed by atoms with E-state index in [0.717, 1.165) is 10.9 Å². The Hall–Kier alpha value is -0.880. The summed E-state index contributed by atoms with van der Waals surface area (Å²) in [6.45, 7) is 1.84.